The number of aliphatic hydroxyl groups is 1. The van der Waals surface area contributed by atoms with Gasteiger partial charge in [-0.1, -0.05) is 18.2 Å². The van der Waals surface area contributed by atoms with Gasteiger partial charge in [0.2, 0.25) is 0 Å². The Labute approximate surface area is 104 Å². The second-order valence-electron chi connectivity index (χ2n) is 4.27. The van der Waals surface area contributed by atoms with Crippen LogP contribution in [0.15, 0.2) is 34.7 Å². The molecule has 1 aromatic heterocycles. The maximum absolute atomic E-state index is 11.0. The zero-order chi connectivity index (χ0) is 13.2. The van der Waals surface area contributed by atoms with Crippen molar-refractivity contribution in [2.24, 2.45) is 0 Å². The van der Waals surface area contributed by atoms with Gasteiger partial charge in [-0.3, -0.25) is 0 Å². The van der Waals surface area contributed by atoms with Gasteiger partial charge in [-0.25, -0.2) is 4.79 Å². The highest BCUT2D eigenvalue weighted by Gasteiger charge is 2.28. The van der Waals surface area contributed by atoms with Crippen LogP contribution in [0.2, 0.25) is 0 Å². The van der Waals surface area contributed by atoms with Crippen molar-refractivity contribution < 1.29 is 19.1 Å². The number of ether oxygens (including phenoxy) is 1. The first kappa shape index (κ1) is 12.4. The lowest BCUT2D eigenvalue weighted by molar-refractivity contribution is 0.0353. The van der Waals surface area contributed by atoms with Crippen molar-refractivity contribution in [2.45, 2.75) is 12.5 Å². The number of methoxy groups -OCH3 is 1. The molecule has 0 spiro atoms. The van der Waals surface area contributed by atoms with Gasteiger partial charge in [-0.15, -0.1) is 0 Å². The van der Waals surface area contributed by atoms with Crippen LogP contribution in [-0.4, -0.2) is 24.9 Å². The van der Waals surface area contributed by atoms with Crippen molar-refractivity contribution in [1.29, 1.82) is 0 Å². The molecule has 1 atom stereocenters. The predicted octanol–water partition coefficient (Wildman–Crippen LogP) is 2.00. The fourth-order valence-corrected chi connectivity index (χ4v) is 1.65. The molecule has 0 aliphatic heterocycles. The topological polar surface area (TPSA) is 71.7 Å². The van der Waals surface area contributed by atoms with Crippen LogP contribution in [0.25, 0.3) is 11.0 Å². The van der Waals surface area contributed by atoms with E-state index in [0.29, 0.717) is 11.3 Å². The number of benzene rings is 1. The third kappa shape index (κ3) is 2.46. The van der Waals surface area contributed by atoms with E-state index >= 15 is 0 Å². The normalized spacial score (nSPS) is 14.2. The largest absolute Gasteiger partial charge is 0.458 e. The van der Waals surface area contributed by atoms with E-state index in [9.17, 15) is 9.90 Å². The average Bonchev–Trinajstić information content (AvgIpc) is 2.80. The molecule has 0 fully saturated rings. The van der Waals surface area contributed by atoms with E-state index < -0.39 is 11.7 Å². The molecule has 0 radical (unpaired) electrons. The van der Waals surface area contributed by atoms with Gasteiger partial charge in [-0.2, -0.15) is 0 Å². The fourth-order valence-electron chi connectivity index (χ4n) is 1.65. The second-order valence-corrected chi connectivity index (χ2v) is 4.27. The summed E-state index contributed by atoms with van der Waals surface area (Å²) >= 11 is 0. The first-order chi connectivity index (χ1) is 8.53. The fraction of sp³-hybridized carbons (Fsp3) is 0.308. The zero-order valence-electron chi connectivity index (χ0n) is 10.3. The average molecular weight is 249 g/mol. The summed E-state index contributed by atoms with van der Waals surface area (Å²) < 4.78 is 10.0. The van der Waals surface area contributed by atoms with Crippen LogP contribution in [0.5, 0.6) is 0 Å². The van der Waals surface area contributed by atoms with Crippen LogP contribution >= 0.6 is 0 Å². The van der Waals surface area contributed by atoms with Crippen LogP contribution in [-0.2, 0) is 10.3 Å². The van der Waals surface area contributed by atoms with Gasteiger partial charge < -0.3 is 19.6 Å². The van der Waals surface area contributed by atoms with E-state index in [1.165, 1.54) is 7.11 Å². The number of hydrogen-bond donors (Lipinski definition) is 2. The Hall–Kier alpha value is -2.01. The molecule has 0 aliphatic carbocycles. The predicted molar refractivity (Wildman–Crippen MR) is 66.2 cm³/mol. The molecule has 1 amide bonds. The lowest BCUT2D eigenvalue weighted by Crippen LogP contribution is -2.38. The third-order valence-corrected chi connectivity index (χ3v) is 2.72. The van der Waals surface area contributed by atoms with E-state index in [4.69, 9.17) is 4.42 Å². The van der Waals surface area contributed by atoms with Gasteiger partial charge in [0.25, 0.3) is 0 Å². The van der Waals surface area contributed by atoms with Crippen LogP contribution in [0.3, 0.4) is 0 Å². The number of rotatable bonds is 3. The first-order valence-corrected chi connectivity index (χ1v) is 5.56. The number of para-hydroxylation sites is 1. The van der Waals surface area contributed by atoms with Gasteiger partial charge in [-0.05, 0) is 19.1 Å². The Morgan fingerprint density at radius 2 is 2.22 bits per heavy atom. The minimum atomic E-state index is -1.28. The van der Waals surface area contributed by atoms with E-state index in [1.54, 1.807) is 13.0 Å². The molecule has 5 heteroatoms. The van der Waals surface area contributed by atoms with Crippen LogP contribution < -0.4 is 5.32 Å². The monoisotopic (exact) mass is 249 g/mol. The Morgan fingerprint density at radius 1 is 1.50 bits per heavy atom. The highest BCUT2D eigenvalue weighted by Crippen LogP contribution is 2.27. The smallest absolute Gasteiger partial charge is 0.406 e. The number of hydrogen-bond acceptors (Lipinski definition) is 4. The highest BCUT2D eigenvalue weighted by molar-refractivity contribution is 5.78. The van der Waals surface area contributed by atoms with Crippen molar-refractivity contribution >= 4 is 17.1 Å². The molecule has 0 bridgehead atoms. The quantitative estimate of drug-likeness (QED) is 0.872. The maximum Gasteiger partial charge on any atom is 0.406 e. The number of carbonyl (C=O) groups is 1. The Kier molecular flexibility index (Phi) is 3.25. The summed E-state index contributed by atoms with van der Waals surface area (Å²) in [5, 5.41) is 13.6. The lowest BCUT2D eigenvalue weighted by Gasteiger charge is -2.20. The second kappa shape index (κ2) is 4.70. The molecule has 1 unspecified atom stereocenters. The Bertz CT molecular complexity index is 526. The van der Waals surface area contributed by atoms with E-state index in [-0.39, 0.29) is 6.54 Å². The maximum atomic E-state index is 11.0. The minimum absolute atomic E-state index is 0.0134. The molecular weight excluding hydrogens is 234 g/mol. The number of furan rings is 1. The molecule has 2 N–H and O–H groups in total. The molecule has 1 heterocycles. The number of amides is 1. The summed E-state index contributed by atoms with van der Waals surface area (Å²) in [6.07, 6.45) is -0.591. The summed E-state index contributed by atoms with van der Waals surface area (Å²) in [6, 6.07) is 9.23. The zero-order valence-corrected chi connectivity index (χ0v) is 10.3. The lowest BCUT2D eigenvalue weighted by atomic mass is 10.0. The molecule has 0 saturated carbocycles. The minimum Gasteiger partial charge on any atom is -0.458 e. The molecule has 2 aromatic rings. The highest BCUT2D eigenvalue weighted by atomic mass is 16.5. The summed E-state index contributed by atoms with van der Waals surface area (Å²) in [5.41, 5.74) is -0.585. The van der Waals surface area contributed by atoms with Crippen molar-refractivity contribution in [1.82, 2.24) is 5.32 Å². The first-order valence-electron chi connectivity index (χ1n) is 5.56. The Balaban J connectivity index is 2.20. The van der Waals surface area contributed by atoms with Gasteiger partial charge >= 0.3 is 6.09 Å². The Morgan fingerprint density at radius 3 is 2.89 bits per heavy atom. The molecule has 96 valence electrons. The number of carbonyl (C=O) groups excluding carboxylic acids is 1. The molecule has 0 saturated heterocycles. The van der Waals surface area contributed by atoms with Gasteiger partial charge in [0.15, 0.2) is 0 Å². The van der Waals surface area contributed by atoms with Crippen molar-refractivity contribution in [3.05, 3.63) is 36.1 Å². The van der Waals surface area contributed by atoms with E-state index in [0.717, 1.165) is 5.39 Å². The number of nitrogens with one attached hydrogen (secondary N) is 1. The summed E-state index contributed by atoms with van der Waals surface area (Å²) in [4.78, 5) is 11.0. The van der Waals surface area contributed by atoms with Crippen LogP contribution in [0, 0.1) is 0 Å². The summed E-state index contributed by atoms with van der Waals surface area (Å²) in [7, 11) is 1.27. The van der Waals surface area contributed by atoms with Crippen molar-refractivity contribution in [3.8, 4) is 0 Å². The molecule has 0 aliphatic rings. The van der Waals surface area contributed by atoms with Gasteiger partial charge in [0.05, 0.1) is 13.7 Å². The molecule has 1 aromatic carbocycles. The standard InChI is InChI=1S/C13H15NO4/c1-13(16,8-14-12(15)17-2)11-7-9-5-3-4-6-10(9)18-11/h3-7,16H,8H2,1-2H3,(H,14,15). The number of alkyl carbamates (subject to hydrolysis) is 1. The molecule has 5 nitrogen and oxygen atoms in total. The SMILES string of the molecule is COC(=O)NCC(C)(O)c1cc2ccccc2o1. The summed E-state index contributed by atoms with van der Waals surface area (Å²) in [6.45, 7) is 1.58. The molecule has 18 heavy (non-hydrogen) atoms. The number of fused-ring (bicyclic) bond motifs is 1. The van der Waals surface area contributed by atoms with Gasteiger partial charge in [0, 0.05) is 5.39 Å². The molecule has 2 rings (SSSR count). The van der Waals surface area contributed by atoms with Gasteiger partial charge in [0.1, 0.15) is 16.9 Å². The van der Waals surface area contributed by atoms with E-state index in [1.807, 2.05) is 24.3 Å². The van der Waals surface area contributed by atoms with E-state index in [2.05, 4.69) is 10.1 Å². The van der Waals surface area contributed by atoms with Crippen molar-refractivity contribution in [3.63, 3.8) is 0 Å². The van der Waals surface area contributed by atoms with Crippen LogP contribution in [0.1, 0.15) is 12.7 Å². The summed E-state index contributed by atoms with van der Waals surface area (Å²) in [5.74, 6) is 0.403. The molecular formula is C13H15NO4. The van der Waals surface area contributed by atoms with Crippen LogP contribution in [0.4, 0.5) is 4.79 Å². The third-order valence-electron chi connectivity index (χ3n) is 2.72. The van der Waals surface area contributed by atoms with Crippen molar-refractivity contribution in [2.75, 3.05) is 13.7 Å².